The zero-order chi connectivity index (χ0) is 22.9. The van der Waals surface area contributed by atoms with E-state index in [2.05, 4.69) is 31.0 Å². The molecule has 10 nitrogen and oxygen atoms in total. The number of carbonyl (C=O) groups excluding carboxylic acids is 1. The molecule has 0 saturated carbocycles. The van der Waals surface area contributed by atoms with Gasteiger partial charge >= 0.3 is 0 Å². The Labute approximate surface area is 192 Å². The number of likely N-dealkylation sites (tertiary alicyclic amines) is 1. The van der Waals surface area contributed by atoms with Gasteiger partial charge in [0, 0.05) is 44.7 Å². The molecule has 1 saturated heterocycles. The number of carbonyl (C=O) groups is 1. The molecule has 1 atom stereocenters. The highest BCUT2D eigenvalue weighted by molar-refractivity contribution is 5.93. The fraction of sp³-hybridized carbons (Fsp3) is 0.435. The van der Waals surface area contributed by atoms with Gasteiger partial charge in [-0.25, -0.2) is 15.0 Å². The lowest BCUT2D eigenvalue weighted by atomic mass is 10.1. The summed E-state index contributed by atoms with van der Waals surface area (Å²) in [4.78, 5) is 30.1. The van der Waals surface area contributed by atoms with E-state index >= 15 is 0 Å². The number of aryl methyl sites for hydroxylation is 2. The third-order valence-corrected chi connectivity index (χ3v) is 6.20. The number of ether oxygens (including phenoxy) is 2. The Morgan fingerprint density at radius 1 is 1.15 bits per heavy atom. The van der Waals surface area contributed by atoms with Gasteiger partial charge in [0.1, 0.15) is 12.4 Å². The summed E-state index contributed by atoms with van der Waals surface area (Å²) in [5.74, 6) is 1.21. The van der Waals surface area contributed by atoms with Crippen LogP contribution in [0.25, 0.3) is 0 Å². The number of aromatic nitrogens is 5. The average molecular weight is 450 g/mol. The maximum atomic E-state index is 12.7. The predicted octanol–water partition coefficient (Wildman–Crippen LogP) is 1.78. The minimum absolute atomic E-state index is 0.0209. The summed E-state index contributed by atoms with van der Waals surface area (Å²) in [6.07, 6.45) is 8.19. The molecule has 5 heterocycles. The molecule has 0 spiro atoms. The number of rotatable bonds is 5. The van der Waals surface area contributed by atoms with E-state index in [0.29, 0.717) is 37.0 Å². The average Bonchev–Trinajstić information content (AvgIpc) is 3.48. The zero-order valence-corrected chi connectivity index (χ0v) is 19.1. The molecule has 1 amide bonds. The molecule has 0 radical (unpaired) electrons. The molecule has 10 heteroatoms. The van der Waals surface area contributed by atoms with Gasteiger partial charge in [-0.3, -0.25) is 9.48 Å². The van der Waals surface area contributed by atoms with Crippen LogP contribution in [0, 0.1) is 6.92 Å². The Kier molecular flexibility index (Phi) is 5.57. The highest BCUT2D eigenvalue weighted by atomic mass is 16.5. The smallest absolute Gasteiger partial charge is 0.257 e. The van der Waals surface area contributed by atoms with E-state index in [1.54, 1.807) is 37.6 Å². The summed E-state index contributed by atoms with van der Waals surface area (Å²) in [7, 11) is 3.43. The first-order chi connectivity index (χ1) is 16.0. The molecule has 0 unspecified atom stereocenters. The van der Waals surface area contributed by atoms with Crippen molar-refractivity contribution in [3.63, 3.8) is 0 Å². The van der Waals surface area contributed by atoms with Gasteiger partial charge in [0.25, 0.3) is 5.91 Å². The number of pyridine rings is 1. The van der Waals surface area contributed by atoms with Crippen molar-refractivity contribution in [1.82, 2.24) is 29.6 Å². The summed E-state index contributed by atoms with van der Waals surface area (Å²) in [6, 6.07) is 2.08. The van der Waals surface area contributed by atoms with Gasteiger partial charge in [0.05, 0.1) is 55.1 Å². The Balaban J connectivity index is 1.29. The van der Waals surface area contributed by atoms with E-state index < -0.39 is 0 Å². The second-order valence-electron chi connectivity index (χ2n) is 8.48. The third kappa shape index (κ3) is 4.20. The molecule has 0 bridgehead atoms. The summed E-state index contributed by atoms with van der Waals surface area (Å²) >= 11 is 0. The Hall–Kier alpha value is -3.69. The highest BCUT2D eigenvalue weighted by Gasteiger charge is 2.31. The van der Waals surface area contributed by atoms with E-state index in [9.17, 15) is 4.79 Å². The number of anilines is 1. The third-order valence-electron chi connectivity index (χ3n) is 6.20. The van der Waals surface area contributed by atoms with Crippen molar-refractivity contribution >= 4 is 11.6 Å². The largest absolute Gasteiger partial charge is 0.481 e. The van der Waals surface area contributed by atoms with Gasteiger partial charge in [0.2, 0.25) is 11.8 Å². The highest BCUT2D eigenvalue weighted by Crippen LogP contribution is 2.31. The van der Waals surface area contributed by atoms with E-state index in [4.69, 9.17) is 9.47 Å². The summed E-state index contributed by atoms with van der Waals surface area (Å²) in [6.45, 7) is 4.65. The number of hydrogen-bond acceptors (Lipinski definition) is 8. The van der Waals surface area contributed by atoms with Gasteiger partial charge in [-0.1, -0.05) is 0 Å². The number of fused-ring (bicyclic) bond motifs is 1. The van der Waals surface area contributed by atoms with E-state index in [0.717, 1.165) is 41.9 Å². The van der Waals surface area contributed by atoms with Crippen molar-refractivity contribution in [2.45, 2.75) is 32.4 Å². The maximum Gasteiger partial charge on any atom is 0.257 e. The summed E-state index contributed by atoms with van der Waals surface area (Å²) in [5, 5.41) is 4.10. The van der Waals surface area contributed by atoms with Crippen LogP contribution >= 0.6 is 0 Å². The van der Waals surface area contributed by atoms with Gasteiger partial charge in [-0.15, -0.1) is 0 Å². The lowest BCUT2D eigenvalue weighted by Gasteiger charge is -2.31. The van der Waals surface area contributed by atoms with Crippen molar-refractivity contribution in [1.29, 1.82) is 0 Å². The fourth-order valence-electron chi connectivity index (χ4n) is 4.45. The molecular formula is C23H27N7O3. The molecule has 3 aromatic rings. The molecule has 2 aliphatic heterocycles. The Morgan fingerprint density at radius 3 is 2.79 bits per heavy atom. The normalized spacial score (nSPS) is 17.7. The van der Waals surface area contributed by atoms with Crippen LogP contribution in [0.15, 0.2) is 31.0 Å². The molecule has 2 aliphatic rings. The molecule has 172 valence electrons. The Bertz CT molecular complexity index is 1180. The fourth-order valence-corrected chi connectivity index (χ4v) is 4.45. The monoisotopic (exact) mass is 449 g/mol. The number of methoxy groups -OCH3 is 1. The first kappa shape index (κ1) is 21.2. The lowest BCUT2D eigenvalue weighted by Crippen LogP contribution is -2.33. The summed E-state index contributed by atoms with van der Waals surface area (Å²) < 4.78 is 13.2. The van der Waals surface area contributed by atoms with Crippen LogP contribution in [0.1, 0.15) is 33.6 Å². The SMILES string of the molecule is COc1ncc(N2CCc3ncnc(O[C@H]4CCN(C(=O)c5cnn(C)c5)C4)c3C2)cc1C. The van der Waals surface area contributed by atoms with Gasteiger partial charge in [-0.05, 0) is 13.0 Å². The maximum absolute atomic E-state index is 12.7. The van der Waals surface area contributed by atoms with Crippen molar-refractivity contribution in [3.05, 3.63) is 53.4 Å². The first-order valence-electron chi connectivity index (χ1n) is 11.0. The molecule has 1 fully saturated rings. The first-order valence-corrected chi connectivity index (χ1v) is 11.0. The van der Waals surface area contributed by atoms with E-state index in [1.807, 2.05) is 18.0 Å². The van der Waals surface area contributed by atoms with Crippen LogP contribution in [0.4, 0.5) is 5.69 Å². The number of amides is 1. The Morgan fingerprint density at radius 2 is 2.03 bits per heavy atom. The van der Waals surface area contributed by atoms with Crippen molar-refractivity contribution in [2.24, 2.45) is 7.05 Å². The standard InChI is InChI=1S/C23H27N7O3/c1-15-8-17(10-24-21(15)32-3)29-7-5-20-19(13-29)22(26-14-25-20)33-18-4-6-30(12-18)23(31)16-9-27-28(2)11-16/h8-11,14,18H,4-7,12-13H2,1-3H3/t18-/m0/s1. The van der Waals surface area contributed by atoms with Crippen LogP contribution < -0.4 is 14.4 Å². The van der Waals surface area contributed by atoms with Gasteiger partial charge in [0.15, 0.2) is 0 Å². The zero-order valence-electron chi connectivity index (χ0n) is 19.1. The van der Waals surface area contributed by atoms with Crippen LogP contribution in [0.2, 0.25) is 0 Å². The minimum atomic E-state index is -0.107. The quantitative estimate of drug-likeness (QED) is 0.581. The van der Waals surface area contributed by atoms with Gasteiger partial charge in [-0.2, -0.15) is 5.10 Å². The lowest BCUT2D eigenvalue weighted by molar-refractivity contribution is 0.0770. The molecule has 0 N–H and O–H groups in total. The number of nitrogens with zero attached hydrogens (tertiary/aromatic N) is 7. The van der Waals surface area contributed by atoms with Crippen LogP contribution in [-0.4, -0.2) is 68.4 Å². The molecule has 5 rings (SSSR count). The predicted molar refractivity (Wildman–Crippen MR) is 120 cm³/mol. The molecular weight excluding hydrogens is 422 g/mol. The van der Waals surface area contributed by atoms with Crippen molar-refractivity contribution < 1.29 is 14.3 Å². The van der Waals surface area contributed by atoms with Crippen molar-refractivity contribution in [3.8, 4) is 11.8 Å². The second kappa shape index (κ2) is 8.68. The van der Waals surface area contributed by atoms with E-state index in [1.165, 1.54) is 0 Å². The molecule has 0 aliphatic carbocycles. The second-order valence-corrected chi connectivity index (χ2v) is 8.48. The molecule has 33 heavy (non-hydrogen) atoms. The van der Waals surface area contributed by atoms with Crippen LogP contribution in [0.3, 0.4) is 0 Å². The van der Waals surface area contributed by atoms with Gasteiger partial charge < -0.3 is 19.3 Å². The minimum Gasteiger partial charge on any atom is -0.481 e. The van der Waals surface area contributed by atoms with Crippen molar-refractivity contribution in [2.75, 3.05) is 31.6 Å². The molecule has 3 aromatic heterocycles. The topological polar surface area (TPSA) is 98.5 Å². The van der Waals surface area contributed by atoms with Crippen LogP contribution in [-0.2, 0) is 20.0 Å². The van der Waals surface area contributed by atoms with E-state index in [-0.39, 0.29) is 12.0 Å². The summed E-state index contributed by atoms with van der Waals surface area (Å²) in [5.41, 5.74) is 4.62. The van der Waals surface area contributed by atoms with Crippen LogP contribution in [0.5, 0.6) is 11.8 Å². The number of hydrogen-bond donors (Lipinski definition) is 0. The molecule has 0 aromatic carbocycles.